The van der Waals surface area contributed by atoms with Crippen LogP contribution in [0.1, 0.15) is 25.5 Å². The predicted octanol–water partition coefficient (Wildman–Crippen LogP) is 2.72. The summed E-state index contributed by atoms with van der Waals surface area (Å²) in [6, 6.07) is 0. The van der Waals surface area contributed by atoms with Crippen molar-refractivity contribution in [1.82, 2.24) is 15.0 Å². The molecule has 72 valence electrons. The van der Waals surface area contributed by atoms with Gasteiger partial charge < -0.3 is 0 Å². The highest BCUT2D eigenvalue weighted by molar-refractivity contribution is 7.07. The maximum atomic E-state index is 4.34. The Labute approximate surface area is 86.9 Å². The molecule has 0 amide bonds. The Balaban J connectivity index is 2.53. The van der Waals surface area contributed by atoms with E-state index in [1.807, 2.05) is 10.9 Å². The fourth-order valence-electron chi connectivity index (χ4n) is 1.30. The summed E-state index contributed by atoms with van der Waals surface area (Å²) < 4.78 is 0. The molecule has 0 N–H and O–H groups in total. The SMILES string of the molecule is CC(C)c1nccnc1-c1cscn1. The summed E-state index contributed by atoms with van der Waals surface area (Å²) in [7, 11) is 0. The highest BCUT2D eigenvalue weighted by Crippen LogP contribution is 2.24. The smallest absolute Gasteiger partial charge is 0.111 e. The van der Waals surface area contributed by atoms with Crippen LogP contribution in [0.5, 0.6) is 0 Å². The normalized spacial score (nSPS) is 10.8. The highest BCUT2D eigenvalue weighted by atomic mass is 32.1. The molecular weight excluding hydrogens is 194 g/mol. The van der Waals surface area contributed by atoms with Gasteiger partial charge in [0.25, 0.3) is 0 Å². The van der Waals surface area contributed by atoms with Crippen LogP contribution in [0, 0.1) is 0 Å². The summed E-state index contributed by atoms with van der Waals surface area (Å²) in [5, 5.41) is 2.00. The number of hydrogen-bond acceptors (Lipinski definition) is 4. The molecule has 0 atom stereocenters. The van der Waals surface area contributed by atoms with Crippen LogP contribution in [-0.2, 0) is 0 Å². The van der Waals surface area contributed by atoms with Crippen LogP contribution in [0.15, 0.2) is 23.3 Å². The molecule has 0 radical (unpaired) electrons. The first-order valence-electron chi connectivity index (χ1n) is 4.48. The van der Waals surface area contributed by atoms with Crippen LogP contribution in [0.3, 0.4) is 0 Å². The van der Waals surface area contributed by atoms with Gasteiger partial charge in [-0.2, -0.15) is 0 Å². The lowest BCUT2D eigenvalue weighted by molar-refractivity contribution is 0.815. The van der Waals surface area contributed by atoms with E-state index in [2.05, 4.69) is 28.8 Å². The van der Waals surface area contributed by atoms with Crippen molar-refractivity contribution in [2.24, 2.45) is 0 Å². The van der Waals surface area contributed by atoms with E-state index in [4.69, 9.17) is 0 Å². The molecule has 4 heteroatoms. The molecule has 0 aliphatic heterocycles. The molecule has 0 unspecified atom stereocenters. The van der Waals surface area contributed by atoms with Crippen molar-refractivity contribution in [3.8, 4) is 11.4 Å². The number of rotatable bonds is 2. The maximum absolute atomic E-state index is 4.34. The maximum Gasteiger partial charge on any atom is 0.111 e. The van der Waals surface area contributed by atoms with Crippen LogP contribution in [0.25, 0.3) is 11.4 Å². The molecule has 0 aliphatic carbocycles. The van der Waals surface area contributed by atoms with Crippen molar-refractivity contribution in [3.63, 3.8) is 0 Å². The average molecular weight is 205 g/mol. The molecule has 0 aromatic carbocycles. The molecule has 2 aromatic rings. The van der Waals surface area contributed by atoms with Gasteiger partial charge in [-0.25, -0.2) is 4.98 Å². The quantitative estimate of drug-likeness (QED) is 0.756. The first kappa shape index (κ1) is 9.27. The first-order valence-corrected chi connectivity index (χ1v) is 5.43. The van der Waals surface area contributed by atoms with Crippen molar-refractivity contribution >= 4 is 11.3 Å². The van der Waals surface area contributed by atoms with Crippen LogP contribution < -0.4 is 0 Å². The van der Waals surface area contributed by atoms with E-state index in [1.54, 1.807) is 23.7 Å². The third-order valence-corrected chi connectivity index (χ3v) is 2.53. The standard InChI is InChI=1S/C10H11N3S/c1-7(2)9-10(12-4-3-11-9)8-5-14-6-13-8/h3-7H,1-2H3. The molecule has 2 heterocycles. The zero-order chi connectivity index (χ0) is 9.97. The Morgan fingerprint density at radius 3 is 2.57 bits per heavy atom. The molecule has 14 heavy (non-hydrogen) atoms. The van der Waals surface area contributed by atoms with E-state index in [-0.39, 0.29) is 0 Å². The minimum absolute atomic E-state index is 0.375. The molecule has 0 saturated heterocycles. The Morgan fingerprint density at radius 1 is 1.14 bits per heavy atom. The highest BCUT2D eigenvalue weighted by Gasteiger charge is 2.11. The molecular formula is C10H11N3S. The first-order chi connectivity index (χ1) is 6.79. The monoisotopic (exact) mass is 205 g/mol. The molecule has 0 spiro atoms. The summed E-state index contributed by atoms with van der Waals surface area (Å²) in [6.07, 6.45) is 3.44. The van der Waals surface area contributed by atoms with E-state index in [1.165, 1.54) is 0 Å². The van der Waals surface area contributed by atoms with E-state index >= 15 is 0 Å². The Morgan fingerprint density at radius 2 is 1.93 bits per heavy atom. The van der Waals surface area contributed by atoms with Gasteiger partial charge in [-0.3, -0.25) is 9.97 Å². The molecule has 0 aliphatic rings. The fourth-order valence-corrected chi connectivity index (χ4v) is 1.83. The number of aromatic nitrogens is 3. The van der Waals surface area contributed by atoms with Crippen molar-refractivity contribution in [3.05, 3.63) is 29.0 Å². The summed E-state index contributed by atoms with van der Waals surface area (Å²) in [5.41, 5.74) is 4.66. The second-order valence-electron chi connectivity index (χ2n) is 3.32. The minimum Gasteiger partial charge on any atom is -0.257 e. The zero-order valence-electron chi connectivity index (χ0n) is 8.14. The lowest BCUT2D eigenvalue weighted by atomic mass is 10.1. The third-order valence-electron chi connectivity index (χ3n) is 1.95. The van der Waals surface area contributed by atoms with Gasteiger partial charge in [0.2, 0.25) is 0 Å². The Hall–Kier alpha value is -1.29. The largest absolute Gasteiger partial charge is 0.257 e. The molecule has 0 fully saturated rings. The van der Waals surface area contributed by atoms with Gasteiger partial charge in [-0.1, -0.05) is 13.8 Å². The Kier molecular flexibility index (Phi) is 2.54. The van der Waals surface area contributed by atoms with Crippen LogP contribution >= 0.6 is 11.3 Å². The average Bonchev–Trinajstić information content (AvgIpc) is 2.70. The molecule has 2 aromatic heterocycles. The lowest BCUT2D eigenvalue weighted by Gasteiger charge is -2.07. The summed E-state index contributed by atoms with van der Waals surface area (Å²) in [6.45, 7) is 4.22. The second kappa shape index (κ2) is 3.84. The lowest BCUT2D eigenvalue weighted by Crippen LogP contribution is -1.98. The molecule has 3 nitrogen and oxygen atoms in total. The number of thiazole rings is 1. The predicted molar refractivity (Wildman–Crippen MR) is 57.2 cm³/mol. The van der Waals surface area contributed by atoms with Gasteiger partial charge in [-0.15, -0.1) is 11.3 Å². The van der Waals surface area contributed by atoms with Crippen molar-refractivity contribution in [1.29, 1.82) is 0 Å². The van der Waals surface area contributed by atoms with Gasteiger partial charge in [-0.05, 0) is 5.92 Å². The van der Waals surface area contributed by atoms with Gasteiger partial charge in [0.05, 0.1) is 11.2 Å². The van der Waals surface area contributed by atoms with Crippen molar-refractivity contribution in [2.75, 3.05) is 0 Å². The summed E-state index contributed by atoms with van der Waals surface area (Å²) >= 11 is 1.58. The molecule has 0 saturated carbocycles. The molecule has 0 bridgehead atoms. The van der Waals surface area contributed by atoms with Gasteiger partial charge >= 0.3 is 0 Å². The van der Waals surface area contributed by atoms with Crippen LogP contribution in [0.4, 0.5) is 0 Å². The van der Waals surface area contributed by atoms with Crippen LogP contribution in [-0.4, -0.2) is 15.0 Å². The van der Waals surface area contributed by atoms with Gasteiger partial charge in [0, 0.05) is 17.8 Å². The van der Waals surface area contributed by atoms with Crippen molar-refractivity contribution < 1.29 is 0 Å². The zero-order valence-corrected chi connectivity index (χ0v) is 8.95. The second-order valence-corrected chi connectivity index (χ2v) is 4.04. The topological polar surface area (TPSA) is 38.7 Å². The summed E-state index contributed by atoms with van der Waals surface area (Å²) in [4.78, 5) is 12.9. The van der Waals surface area contributed by atoms with Gasteiger partial charge in [0.15, 0.2) is 0 Å². The number of hydrogen-bond donors (Lipinski definition) is 0. The van der Waals surface area contributed by atoms with E-state index in [9.17, 15) is 0 Å². The van der Waals surface area contributed by atoms with Crippen molar-refractivity contribution in [2.45, 2.75) is 19.8 Å². The van der Waals surface area contributed by atoms with E-state index in [0.717, 1.165) is 17.1 Å². The van der Waals surface area contributed by atoms with E-state index < -0.39 is 0 Å². The third kappa shape index (κ3) is 1.65. The van der Waals surface area contributed by atoms with E-state index in [0.29, 0.717) is 5.92 Å². The minimum atomic E-state index is 0.375. The van der Waals surface area contributed by atoms with Gasteiger partial charge in [0.1, 0.15) is 11.4 Å². The molecule has 2 rings (SSSR count). The Bertz CT molecular complexity index is 409. The summed E-state index contributed by atoms with van der Waals surface area (Å²) in [5.74, 6) is 0.375. The fraction of sp³-hybridized carbons (Fsp3) is 0.300. The number of nitrogens with zero attached hydrogens (tertiary/aromatic N) is 3. The van der Waals surface area contributed by atoms with Crippen LogP contribution in [0.2, 0.25) is 0 Å².